The summed E-state index contributed by atoms with van der Waals surface area (Å²) in [4.78, 5) is 52.4. The van der Waals surface area contributed by atoms with Gasteiger partial charge >= 0.3 is 24.4 Å². The molecule has 2 heterocycles. The number of nitrogens with zero attached hydrogens (tertiary/aromatic N) is 8. The van der Waals surface area contributed by atoms with Crippen LogP contribution in [0.5, 0.6) is 0 Å². The smallest absolute Gasteiger partial charge is 0.435 e. The summed E-state index contributed by atoms with van der Waals surface area (Å²) in [5.41, 5.74) is 2.45. The van der Waals surface area contributed by atoms with Crippen molar-refractivity contribution in [3.05, 3.63) is 0 Å². The average molecular weight is 1030 g/mol. The summed E-state index contributed by atoms with van der Waals surface area (Å²) in [5.74, 6) is 0. The lowest BCUT2D eigenvalue weighted by Gasteiger charge is -2.66. The minimum atomic E-state index is -3.10. The first-order valence-corrected chi connectivity index (χ1v) is 29.2. The Labute approximate surface area is 398 Å². The van der Waals surface area contributed by atoms with Gasteiger partial charge in [0.25, 0.3) is 0 Å². The van der Waals surface area contributed by atoms with E-state index in [0.29, 0.717) is 0 Å². The van der Waals surface area contributed by atoms with Crippen LogP contribution in [0.2, 0.25) is 0 Å². The van der Waals surface area contributed by atoms with E-state index in [-0.39, 0.29) is 12.2 Å². The van der Waals surface area contributed by atoms with Gasteiger partial charge in [0, 0.05) is 22.2 Å². The number of nitrogens with one attached hydrogen (secondary N) is 2. The lowest BCUT2D eigenvalue weighted by Crippen LogP contribution is -2.62. The molecule has 0 saturated carbocycles. The number of halogens is 2. The van der Waals surface area contributed by atoms with Gasteiger partial charge < -0.3 is 18.9 Å². The third kappa shape index (κ3) is 15.4. The quantitative estimate of drug-likeness (QED) is 0.147. The van der Waals surface area contributed by atoms with E-state index < -0.39 is 100.0 Å². The number of hydrogen-bond donors (Lipinski definition) is 2. The maximum absolute atomic E-state index is 13.5. The monoisotopic (exact) mass is 1030 g/mol. The van der Waals surface area contributed by atoms with Gasteiger partial charge in [-0.25, -0.2) is 39.5 Å². The minimum Gasteiger partial charge on any atom is -0.446 e. The second-order valence-corrected chi connectivity index (χ2v) is 33.1. The number of hydrogen-bond acceptors (Lipinski definition) is 10. The van der Waals surface area contributed by atoms with Crippen LogP contribution in [0, 0.1) is 0 Å². The van der Waals surface area contributed by atoms with Crippen molar-refractivity contribution in [3.63, 3.8) is 0 Å². The molecule has 0 bridgehead atoms. The minimum absolute atomic E-state index is 0.365. The predicted molar refractivity (Wildman–Crippen MR) is 267 cm³/mol. The molecular formula is C40H84Cl2N10O8P4. The van der Waals surface area contributed by atoms with Crippen molar-refractivity contribution in [1.29, 1.82) is 0 Å². The molecule has 2 rings (SSSR count). The fraction of sp³-hybridized carbons (Fsp3) is 0.900. The Hall–Kier alpha value is -1.18. The first-order chi connectivity index (χ1) is 28.3. The fourth-order valence-corrected chi connectivity index (χ4v) is 27.4. The van der Waals surface area contributed by atoms with E-state index in [4.69, 9.17) is 50.9 Å². The SMILES string of the molecule is CC(C)OC(=O)NN(C(=O)OC(C)C)P1(=NC(C)(C)C)N(C(C)(C)C)P(Cl)N1C(C)(C)C.CC(C)OC(=O)NN(C(=O)OC(C)C)P1(=NC(C)(C)C)N(C(C)(C)C)P(Cl)N1C(C)(C)C. The molecule has 2 fully saturated rings. The fourth-order valence-electron chi connectivity index (χ4n) is 6.26. The molecule has 64 heavy (non-hydrogen) atoms. The molecule has 0 spiro atoms. The Kier molecular flexibility index (Phi) is 20.6. The first-order valence-electron chi connectivity index (χ1n) is 21.7. The highest BCUT2D eigenvalue weighted by molar-refractivity contribution is 7.99. The molecule has 2 saturated heterocycles. The Bertz CT molecular complexity index is 1590. The van der Waals surface area contributed by atoms with Gasteiger partial charge in [0.1, 0.15) is 0 Å². The molecule has 0 aliphatic carbocycles. The topological polar surface area (TPSA) is 173 Å². The van der Waals surface area contributed by atoms with Crippen molar-refractivity contribution in [2.24, 2.45) is 9.49 Å². The van der Waals surface area contributed by atoms with Crippen molar-refractivity contribution in [3.8, 4) is 0 Å². The van der Waals surface area contributed by atoms with Crippen LogP contribution < -0.4 is 10.9 Å². The zero-order chi connectivity index (χ0) is 50.9. The highest BCUT2D eigenvalue weighted by Gasteiger charge is 2.68. The van der Waals surface area contributed by atoms with Gasteiger partial charge in [-0.2, -0.15) is 27.3 Å². The second kappa shape index (κ2) is 21.6. The molecule has 2 N–H and O–H groups in total. The Morgan fingerprint density at radius 1 is 0.453 bits per heavy atom. The van der Waals surface area contributed by atoms with Crippen LogP contribution in [0.15, 0.2) is 9.49 Å². The van der Waals surface area contributed by atoms with Crippen molar-refractivity contribution >= 4 is 77.0 Å². The lowest BCUT2D eigenvalue weighted by atomic mass is 10.1. The van der Waals surface area contributed by atoms with Crippen molar-refractivity contribution in [1.82, 2.24) is 38.2 Å². The van der Waals surface area contributed by atoms with E-state index in [1.807, 2.05) is 125 Å². The molecular weight excluding hydrogens is 943 g/mol. The highest BCUT2D eigenvalue weighted by Crippen LogP contribution is 2.91. The summed E-state index contributed by atoms with van der Waals surface area (Å²) < 4.78 is 42.9. The van der Waals surface area contributed by atoms with E-state index in [2.05, 4.69) is 28.6 Å². The predicted octanol–water partition coefficient (Wildman–Crippen LogP) is 14.6. The van der Waals surface area contributed by atoms with Crippen LogP contribution in [0.1, 0.15) is 180 Å². The van der Waals surface area contributed by atoms with Crippen LogP contribution in [0.3, 0.4) is 0 Å². The van der Waals surface area contributed by atoms with E-state index in [1.165, 1.54) is 9.56 Å². The van der Waals surface area contributed by atoms with Crippen LogP contribution in [0.4, 0.5) is 19.2 Å². The van der Waals surface area contributed by atoms with Crippen molar-refractivity contribution < 1.29 is 38.1 Å². The van der Waals surface area contributed by atoms with Gasteiger partial charge in [-0.1, -0.05) is 22.5 Å². The van der Waals surface area contributed by atoms with Crippen LogP contribution in [-0.4, -0.2) is 109 Å². The van der Waals surface area contributed by atoms with Gasteiger partial charge in [0.2, 0.25) is 15.0 Å². The third-order valence-electron chi connectivity index (χ3n) is 7.55. The van der Waals surface area contributed by atoms with Gasteiger partial charge in [-0.05, 0) is 180 Å². The van der Waals surface area contributed by atoms with Gasteiger partial charge in [-0.3, -0.25) is 0 Å². The molecule has 0 aromatic heterocycles. The standard InChI is InChI=1S/2C20H42ClN5O4P2/c2*1-14(2)29-16(27)22-24(17(28)30-15(3)4)32(23-18(5,6)7)25(19(8,9)10)31(21)26(32)20(11,12)13/h2*14-15H,1-13H3,(H,22,27). The third-order valence-corrected chi connectivity index (χ3v) is 27.0. The zero-order valence-corrected chi connectivity index (χ0v) is 48.8. The second-order valence-electron chi connectivity index (χ2n) is 22.6. The molecule has 0 radical (unpaired) electrons. The summed E-state index contributed by atoms with van der Waals surface area (Å²) in [7, 11) is -8.85. The molecule has 0 atom stereocenters. The number of ether oxygens (including phenoxy) is 4. The number of hydrazine groups is 2. The molecule has 0 aromatic rings. The van der Waals surface area contributed by atoms with Crippen LogP contribution >= 0.6 is 52.6 Å². The summed E-state index contributed by atoms with van der Waals surface area (Å²) in [6.07, 6.45) is -4.43. The normalized spacial score (nSPS) is 23.1. The molecule has 24 heteroatoms. The Morgan fingerprint density at radius 2 is 0.656 bits per heavy atom. The van der Waals surface area contributed by atoms with E-state index in [1.54, 1.807) is 55.4 Å². The van der Waals surface area contributed by atoms with E-state index in [0.717, 1.165) is 0 Å². The Morgan fingerprint density at radius 3 is 0.812 bits per heavy atom. The maximum Gasteiger partial charge on any atom is 0.435 e. The molecule has 2 aliphatic rings. The molecule has 2 aliphatic heterocycles. The molecule has 0 unspecified atom stereocenters. The lowest BCUT2D eigenvalue weighted by molar-refractivity contribution is 0.0666. The number of amides is 4. The molecule has 4 amide bonds. The molecule has 376 valence electrons. The molecule has 18 nitrogen and oxygen atoms in total. The van der Waals surface area contributed by atoms with E-state index in [9.17, 15) is 19.2 Å². The first kappa shape index (κ1) is 60.8. The van der Waals surface area contributed by atoms with Crippen molar-refractivity contribution in [2.75, 3.05) is 0 Å². The van der Waals surface area contributed by atoms with Crippen molar-refractivity contribution in [2.45, 2.75) is 238 Å². The maximum atomic E-state index is 13.5. The van der Waals surface area contributed by atoms with Gasteiger partial charge in [0.15, 0.2) is 15.2 Å². The number of carbonyl (C=O) groups is 4. The number of rotatable bonds is 6. The molecule has 0 aromatic carbocycles. The summed E-state index contributed by atoms with van der Waals surface area (Å²) in [6.45, 7) is 50.0. The number of carbonyl (C=O) groups excluding carboxylic acids is 4. The van der Waals surface area contributed by atoms with Crippen LogP contribution in [-0.2, 0) is 18.9 Å². The average Bonchev–Trinajstić information content (AvgIpc) is 2.95. The summed E-state index contributed by atoms with van der Waals surface area (Å²) >= 11 is 14.0. The summed E-state index contributed by atoms with van der Waals surface area (Å²) in [6, 6.07) is 0. The van der Waals surface area contributed by atoms with Crippen LogP contribution in [0.25, 0.3) is 0 Å². The largest absolute Gasteiger partial charge is 0.446 e. The zero-order valence-electron chi connectivity index (χ0n) is 43.7. The Balaban J connectivity index is 0.000000640. The highest BCUT2D eigenvalue weighted by atomic mass is 35.7. The summed E-state index contributed by atoms with van der Waals surface area (Å²) in [5, 5.41) is 0. The van der Waals surface area contributed by atoms with Gasteiger partial charge in [-0.15, -0.1) is 0 Å². The van der Waals surface area contributed by atoms with Gasteiger partial charge in [0.05, 0.1) is 35.5 Å². The van der Waals surface area contributed by atoms with E-state index >= 15 is 0 Å².